The molecule has 0 aromatic carbocycles. The monoisotopic (exact) mass is 298 g/mol. The summed E-state index contributed by atoms with van der Waals surface area (Å²) in [7, 11) is 0. The maximum Gasteiger partial charge on any atom is 0.141 e. The topological polar surface area (TPSA) is 75.2 Å². The van der Waals surface area contributed by atoms with Gasteiger partial charge < -0.3 is 15.2 Å². The highest BCUT2D eigenvalue weighted by Crippen LogP contribution is 2.32. The third-order valence-electron chi connectivity index (χ3n) is 3.16. The van der Waals surface area contributed by atoms with Gasteiger partial charge in [-0.25, -0.2) is 4.68 Å². The maximum absolute atomic E-state index is 5.59. The van der Waals surface area contributed by atoms with Gasteiger partial charge in [-0.2, -0.15) is 0 Å². The largest absolute Gasteiger partial charge is 0.361 e. The summed E-state index contributed by atoms with van der Waals surface area (Å²) in [4.78, 5) is 0. The summed E-state index contributed by atoms with van der Waals surface area (Å²) in [5.41, 5.74) is 6.27. The summed E-state index contributed by atoms with van der Waals surface area (Å²) >= 11 is 0. The van der Waals surface area contributed by atoms with Crippen molar-refractivity contribution in [3.05, 3.63) is 11.9 Å². The molecule has 0 aliphatic rings. The molecule has 0 fully saturated rings. The molecule has 1 aromatic rings. The van der Waals surface area contributed by atoms with E-state index in [2.05, 4.69) is 38.0 Å². The van der Waals surface area contributed by atoms with Gasteiger partial charge in [0.1, 0.15) is 6.73 Å². The predicted octanol–water partition coefficient (Wildman–Crippen LogP) is 2.33. The van der Waals surface area contributed by atoms with E-state index >= 15 is 0 Å². The highest BCUT2D eigenvalue weighted by molar-refractivity contribution is 4.98. The van der Waals surface area contributed by atoms with Crippen LogP contribution < -0.4 is 5.73 Å². The van der Waals surface area contributed by atoms with Gasteiger partial charge in [0.15, 0.2) is 0 Å². The molecule has 0 spiro atoms. The fourth-order valence-electron chi connectivity index (χ4n) is 2.69. The van der Waals surface area contributed by atoms with Crippen molar-refractivity contribution in [1.29, 1.82) is 0 Å². The maximum atomic E-state index is 5.59. The third kappa shape index (κ3) is 7.02. The number of rotatable bonds is 9. The Morgan fingerprint density at radius 1 is 1.29 bits per heavy atom. The van der Waals surface area contributed by atoms with E-state index in [1.54, 1.807) is 4.68 Å². The van der Waals surface area contributed by atoms with Crippen molar-refractivity contribution in [3.63, 3.8) is 0 Å². The Hall–Kier alpha value is -0.980. The quantitative estimate of drug-likeness (QED) is 0.708. The standard InChI is InChI=1S/C15H30N4O2/c1-12(2)20-11-19-8-13(17-18-19)7-14(3,4)9-15(5,6)21-10-16/h8,12H,7,9-11,16H2,1-6H3. The van der Waals surface area contributed by atoms with Crippen LogP contribution in [0, 0.1) is 5.41 Å². The number of aromatic nitrogens is 3. The van der Waals surface area contributed by atoms with Crippen molar-refractivity contribution in [2.24, 2.45) is 11.1 Å². The Bertz CT molecular complexity index is 427. The zero-order valence-corrected chi connectivity index (χ0v) is 14.2. The minimum atomic E-state index is -0.241. The second kappa shape index (κ2) is 7.33. The van der Waals surface area contributed by atoms with Gasteiger partial charge in [0, 0.05) is 0 Å². The van der Waals surface area contributed by atoms with E-state index in [0.717, 1.165) is 18.5 Å². The first kappa shape index (κ1) is 18.1. The minimum absolute atomic E-state index is 0.0540. The Labute approximate surface area is 128 Å². The number of nitrogens with two attached hydrogens (primary N) is 1. The zero-order valence-electron chi connectivity index (χ0n) is 14.2. The molecular weight excluding hydrogens is 268 g/mol. The molecule has 122 valence electrons. The molecule has 0 unspecified atom stereocenters. The minimum Gasteiger partial charge on any atom is -0.361 e. The van der Waals surface area contributed by atoms with Crippen LogP contribution in [0.25, 0.3) is 0 Å². The molecule has 0 saturated carbocycles. The van der Waals surface area contributed by atoms with Crippen LogP contribution >= 0.6 is 0 Å². The van der Waals surface area contributed by atoms with Crippen LogP contribution in [0.3, 0.4) is 0 Å². The molecule has 0 saturated heterocycles. The van der Waals surface area contributed by atoms with Crippen LogP contribution in [0.15, 0.2) is 6.20 Å². The zero-order chi connectivity index (χ0) is 16.1. The molecule has 0 aliphatic carbocycles. The van der Waals surface area contributed by atoms with E-state index in [9.17, 15) is 0 Å². The van der Waals surface area contributed by atoms with Gasteiger partial charge in [-0.1, -0.05) is 19.1 Å². The number of nitrogens with zero attached hydrogens (tertiary/aromatic N) is 3. The molecule has 0 aliphatic heterocycles. The normalized spacial score (nSPS) is 13.1. The lowest BCUT2D eigenvalue weighted by Gasteiger charge is -2.34. The second-order valence-electron chi connectivity index (χ2n) is 7.18. The van der Waals surface area contributed by atoms with Gasteiger partial charge >= 0.3 is 0 Å². The number of hydrogen-bond acceptors (Lipinski definition) is 5. The molecule has 21 heavy (non-hydrogen) atoms. The molecule has 0 bridgehead atoms. The van der Waals surface area contributed by atoms with Crippen molar-refractivity contribution >= 4 is 0 Å². The average Bonchev–Trinajstić information content (AvgIpc) is 2.71. The Morgan fingerprint density at radius 3 is 2.52 bits per heavy atom. The summed E-state index contributed by atoms with van der Waals surface area (Å²) in [5.74, 6) is 0. The van der Waals surface area contributed by atoms with Crippen LogP contribution in [-0.2, 0) is 22.6 Å². The Kier molecular flexibility index (Phi) is 6.31. The molecule has 6 heteroatoms. The van der Waals surface area contributed by atoms with E-state index in [0.29, 0.717) is 6.73 Å². The van der Waals surface area contributed by atoms with Gasteiger partial charge in [0.25, 0.3) is 0 Å². The number of hydrogen-bond donors (Lipinski definition) is 1. The van der Waals surface area contributed by atoms with Gasteiger partial charge in [0.2, 0.25) is 0 Å². The SMILES string of the molecule is CC(C)OCn1cc(CC(C)(C)CC(C)(C)OCN)nn1. The fraction of sp³-hybridized carbons (Fsp3) is 0.867. The van der Waals surface area contributed by atoms with Crippen LogP contribution in [0.4, 0.5) is 0 Å². The lowest BCUT2D eigenvalue weighted by molar-refractivity contribution is -0.0430. The third-order valence-corrected chi connectivity index (χ3v) is 3.16. The van der Waals surface area contributed by atoms with E-state index in [1.165, 1.54) is 0 Å². The van der Waals surface area contributed by atoms with Crippen molar-refractivity contribution < 1.29 is 9.47 Å². The first-order valence-corrected chi connectivity index (χ1v) is 7.48. The van der Waals surface area contributed by atoms with Gasteiger partial charge in [-0.05, 0) is 46.0 Å². The van der Waals surface area contributed by atoms with E-state index in [-0.39, 0.29) is 23.9 Å². The molecule has 1 heterocycles. The fourth-order valence-corrected chi connectivity index (χ4v) is 2.69. The summed E-state index contributed by atoms with van der Waals surface area (Å²) in [5, 5.41) is 8.32. The molecule has 2 N–H and O–H groups in total. The molecule has 0 atom stereocenters. The van der Waals surface area contributed by atoms with Crippen molar-refractivity contribution in [2.45, 2.75) is 72.8 Å². The molecule has 0 amide bonds. The van der Waals surface area contributed by atoms with E-state index in [4.69, 9.17) is 15.2 Å². The first-order chi connectivity index (χ1) is 9.63. The van der Waals surface area contributed by atoms with Gasteiger partial charge in [-0.3, -0.25) is 0 Å². The summed E-state index contributed by atoms with van der Waals surface area (Å²) in [6.07, 6.45) is 3.86. The Morgan fingerprint density at radius 2 is 1.95 bits per heavy atom. The Balaban J connectivity index is 2.58. The average molecular weight is 298 g/mol. The smallest absolute Gasteiger partial charge is 0.141 e. The highest BCUT2D eigenvalue weighted by Gasteiger charge is 2.30. The molecule has 1 rings (SSSR count). The van der Waals surface area contributed by atoms with Crippen molar-refractivity contribution in [3.8, 4) is 0 Å². The molecule has 6 nitrogen and oxygen atoms in total. The first-order valence-electron chi connectivity index (χ1n) is 7.48. The summed E-state index contributed by atoms with van der Waals surface area (Å²) in [6, 6.07) is 0. The van der Waals surface area contributed by atoms with Crippen molar-refractivity contribution in [1.82, 2.24) is 15.0 Å². The van der Waals surface area contributed by atoms with Crippen LogP contribution in [0.2, 0.25) is 0 Å². The lowest BCUT2D eigenvalue weighted by atomic mass is 9.78. The van der Waals surface area contributed by atoms with Crippen molar-refractivity contribution in [2.75, 3.05) is 6.73 Å². The van der Waals surface area contributed by atoms with E-state index in [1.807, 2.05) is 20.0 Å². The van der Waals surface area contributed by atoms with Crippen LogP contribution in [0.5, 0.6) is 0 Å². The molecule has 1 aromatic heterocycles. The molecular formula is C15H30N4O2. The summed E-state index contributed by atoms with van der Waals surface area (Å²) < 4.78 is 12.8. The highest BCUT2D eigenvalue weighted by atomic mass is 16.5. The van der Waals surface area contributed by atoms with Gasteiger partial charge in [-0.15, -0.1) is 5.10 Å². The van der Waals surface area contributed by atoms with Gasteiger partial charge in [0.05, 0.1) is 30.3 Å². The predicted molar refractivity (Wildman–Crippen MR) is 82.6 cm³/mol. The lowest BCUT2D eigenvalue weighted by Crippen LogP contribution is -2.34. The second-order valence-corrected chi connectivity index (χ2v) is 7.18. The van der Waals surface area contributed by atoms with Crippen LogP contribution in [-0.4, -0.2) is 33.4 Å². The number of ether oxygens (including phenoxy) is 2. The molecule has 0 radical (unpaired) electrons. The summed E-state index contributed by atoms with van der Waals surface area (Å²) in [6.45, 7) is 13.2. The van der Waals surface area contributed by atoms with E-state index < -0.39 is 0 Å². The van der Waals surface area contributed by atoms with Crippen LogP contribution in [0.1, 0.15) is 53.7 Å².